The maximum absolute atomic E-state index is 8.77. The highest BCUT2D eigenvalue weighted by Gasteiger charge is 2.09. The molecule has 1 N–H and O–H groups in total. The van der Waals surface area contributed by atoms with Crippen LogP contribution in [-0.4, -0.2) is 6.04 Å². The third kappa shape index (κ3) is 4.89. The van der Waals surface area contributed by atoms with Gasteiger partial charge < -0.3 is 5.32 Å². The molecule has 18 heavy (non-hydrogen) atoms. The van der Waals surface area contributed by atoms with E-state index >= 15 is 0 Å². The minimum absolute atomic E-state index is 0.342. The van der Waals surface area contributed by atoms with E-state index in [0.717, 1.165) is 5.56 Å². The molecule has 0 saturated carbocycles. The van der Waals surface area contributed by atoms with Crippen LogP contribution in [0.5, 0.6) is 0 Å². The van der Waals surface area contributed by atoms with E-state index in [1.165, 1.54) is 31.2 Å². The van der Waals surface area contributed by atoms with E-state index in [2.05, 4.69) is 32.2 Å². The number of rotatable bonds is 7. The van der Waals surface area contributed by atoms with Gasteiger partial charge in [-0.25, -0.2) is 0 Å². The van der Waals surface area contributed by atoms with Gasteiger partial charge in [-0.3, -0.25) is 0 Å². The second-order valence-corrected chi connectivity index (χ2v) is 5.02. The first-order valence-electron chi connectivity index (χ1n) is 6.93. The van der Waals surface area contributed by atoms with Gasteiger partial charge in [0.15, 0.2) is 0 Å². The lowest BCUT2D eigenvalue weighted by atomic mass is 10.0. The van der Waals surface area contributed by atoms with Crippen LogP contribution in [0.1, 0.15) is 63.6 Å². The zero-order valence-corrected chi connectivity index (χ0v) is 11.7. The van der Waals surface area contributed by atoms with Gasteiger partial charge >= 0.3 is 0 Å². The van der Waals surface area contributed by atoms with Crippen molar-refractivity contribution in [2.75, 3.05) is 0 Å². The normalized spacial score (nSPS) is 13.9. The Morgan fingerprint density at radius 2 is 1.83 bits per heavy atom. The summed E-state index contributed by atoms with van der Waals surface area (Å²) in [6, 6.07) is 10.9. The average Bonchev–Trinajstić information content (AvgIpc) is 2.39. The number of nitrogens with zero attached hydrogens (tertiary/aromatic N) is 1. The van der Waals surface area contributed by atoms with E-state index < -0.39 is 0 Å². The summed E-state index contributed by atoms with van der Waals surface area (Å²) in [6.45, 7) is 6.66. The highest BCUT2D eigenvalue weighted by atomic mass is 14.9. The number of unbranched alkanes of at least 4 members (excludes halogenated alkanes) is 2. The Bertz CT molecular complexity index is 375. The average molecular weight is 244 g/mol. The molecule has 0 amide bonds. The predicted octanol–water partition coefficient (Wildman–Crippen LogP) is 4.18. The van der Waals surface area contributed by atoms with Gasteiger partial charge in [0.25, 0.3) is 0 Å². The molecule has 2 unspecified atom stereocenters. The molecule has 0 heterocycles. The third-order valence-electron chi connectivity index (χ3n) is 3.31. The first-order valence-corrected chi connectivity index (χ1v) is 6.93. The molecule has 1 aromatic rings. The fourth-order valence-corrected chi connectivity index (χ4v) is 2.15. The van der Waals surface area contributed by atoms with E-state index in [1.807, 2.05) is 24.3 Å². The minimum Gasteiger partial charge on any atom is -0.308 e. The number of nitriles is 1. The van der Waals surface area contributed by atoms with Crippen LogP contribution >= 0.6 is 0 Å². The molecule has 0 radical (unpaired) electrons. The second kappa shape index (κ2) is 7.89. The van der Waals surface area contributed by atoms with Crippen molar-refractivity contribution in [3.8, 4) is 6.07 Å². The van der Waals surface area contributed by atoms with Crippen molar-refractivity contribution in [3.63, 3.8) is 0 Å². The number of benzene rings is 1. The molecule has 0 spiro atoms. The monoisotopic (exact) mass is 244 g/mol. The van der Waals surface area contributed by atoms with Crippen LogP contribution in [0.2, 0.25) is 0 Å². The fourth-order valence-electron chi connectivity index (χ4n) is 2.15. The Balaban J connectivity index is 2.43. The largest absolute Gasteiger partial charge is 0.308 e. The molecule has 98 valence electrons. The Kier molecular flexibility index (Phi) is 6.46. The molecule has 1 rings (SSSR count). The van der Waals surface area contributed by atoms with Crippen LogP contribution in [0.25, 0.3) is 0 Å². The molecule has 0 aromatic heterocycles. The lowest BCUT2D eigenvalue weighted by Gasteiger charge is -2.20. The first-order chi connectivity index (χ1) is 8.67. The zero-order valence-electron chi connectivity index (χ0n) is 11.7. The van der Waals surface area contributed by atoms with E-state index in [-0.39, 0.29) is 0 Å². The molecule has 2 atom stereocenters. The van der Waals surface area contributed by atoms with Crippen LogP contribution in [-0.2, 0) is 0 Å². The molecule has 0 bridgehead atoms. The number of hydrogen-bond acceptors (Lipinski definition) is 2. The second-order valence-electron chi connectivity index (χ2n) is 5.02. The van der Waals surface area contributed by atoms with Crippen molar-refractivity contribution >= 4 is 0 Å². The molecule has 0 aliphatic heterocycles. The molecule has 0 saturated heterocycles. The Labute approximate surface area is 111 Å². The molecule has 0 aliphatic rings. The van der Waals surface area contributed by atoms with Crippen molar-refractivity contribution in [1.82, 2.24) is 5.32 Å². The van der Waals surface area contributed by atoms with Gasteiger partial charge in [0, 0.05) is 12.1 Å². The van der Waals surface area contributed by atoms with Crippen LogP contribution in [0.15, 0.2) is 24.3 Å². The third-order valence-corrected chi connectivity index (χ3v) is 3.31. The van der Waals surface area contributed by atoms with Crippen molar-refractivity contribution in [2.24, 2.45) is 0 Å². The maximum Gasteiger partial charge on any atom is 0.0991 e. The van der Waals surface area contributed by atoms with Gasteiger partial charge in [0.2, 0.25) is 0 Å². The van der Waals surface area contributed by atoms with Crippen molar-refractivity contribution < 1.29 is 0 Å². The van der Waals surface area contributed by atoms with E-state index in [9.17, 15) is 0 Å². The molecular formula is C16H24N2. The summed E-state index contributed by atoms with van der Waals surface area (Å²) in [7, 11) is 0. The van der Waals surface area contributed by atoms with Gasteiger partial charge in [-0.15, -0.1) is 0 Å². The fraction of sp³-hybridized carbons (Fsp3) is 0.562. The van der Waals surface area contributed by atoms with E-state index in [0.29, 0.717) is 12.1 Å². The predicted molar refractivity (Wildman–Crippen MR) is 76.3 cm³/mol. The number of hydrogen-bond donors (Lipinski definition) is 1. The van der Waals surface area contributed by atoms with Crippen LogP contribution in [0.4, 0.5) is 0 Å². The summed E-state index contributed by atoms with van der Waals surface area (Å²) in [5.74, 6) is 0. The van der Waals surface area contributed by atoms with Crippen molar-refractivity contribution in [1.29, 1.82) is 5.26 Å². The quantitative estimate of drug-likeness (QED) is 0.730. The SMILES string of the molecule is CCCCCC(C)NC(C)c1ccc(C#N)cc1. The van der Waals surface area contributed by atoms with Gasteiger partial charge in [-0.05, 0) is 38.0 Å². The van der Waals surface area contributed by atoms with Gasteiger partial charge in [-0.1, -0.05) is 38.3 Å². The molecule has 0 fully saturated rings. The summed E-state index contributed by atoms with van der Waals surface area (Å²) in [5, 5.41) is 12.4. The summed E-state index contributed by atoms with van der Waals surface area (Å²) < 4.78 is 0. The molecule has 2 heteroatoms. The van der Waals surface area contributed by atoms with Gasteiger partial charge in [0.05, 0.1) is 11.6 Å². The number of nitrogens with one attached hydrogen (secondary N) is 1. The highest BCUT2D eigenvalue weighted by Crippen LogP contribution is 2.15. The Morgan fingerprint density at radius 3 is 2.39 bits per heavy atom. The lowest BCUT2D eigenvalue weighted by molar-refractivity contribution is 0.440. The standard InChI is InChI=1S/C16H24N2/c1-4-5-6-7-13(2)18-14(3)16-10-8-15(12-17)9-11-16/h8-11,13-14,18H,4-7H2,1-3H3. The van der Waals surface area contributed by atoms with Crippen molar-refractivity contribution in [3.05, 3.63) is 35.4 Å². The summed E-state index contributed by atoms with van der Waals surface area (Å²) in [4.78, 5) is 0. The summed E-state index contributed by atoms with van der Waals surface area (Å²) in [6.07, 6.45) is 5.12. The molecular weight excluding hydrogens is 220 g/mol. The Morgan fingerprint density at radius 1 is 1.17 bits per heavy atom. The van der Waals surface area contributed by atoms with E-state index in [4.69, 9.17) is 5.26 Å². The summed E-state index contributed by atoms with van der Waals surface area (Å²) >= 11 is 0. The Hall–Kier alpha value is -1.33. The molecule has 2 nitrogen and oxygen atoms in total. The maximum atomic E-state index is 8.77. The molecule has 1 aromatic carbocycles. The van der Waals surface area contributed by atoms with Crippen LogP contribution < -0.4 is 5.32 Å². The highest BCUT2D eigenvalue weighted by molar-refractivity contribution is 5.32. The first kappa shape index (κ1) is 14.7. The summed E-state index contributed by atoms with van der Waals surface area (Å²) in [5.41, 5.74) is 1.97. The lowest BCUT2D eigenvalue weighted by Crippen LogP contribution is -2.28. The van der Waals surface area contributed by atoms with Crippen LogP contribution in [0.3, 0.4) is 0 Å². The smallest absolute Gasteiger partial charge is 0.0991 e. The van der Waals surface area contributed by atoms with Gasteiger partial charge in [0.1, 0.15) is 0 Å². The minimum atomic E-state index is 0.342. The van der Waals surface area contributed by atoms with Crippen LogP contribution in [0, 0.1) is 11.3 Å². The zero-order chi connectivity index (χ0) is 13.4. The van der Waals surface area contributed by atoms with Crippen molar-refractivity contribution in [2.45, 2.75) is 58.5 Å². The van der Waals surface area contributed by atoms with Gasteiger partial charge in [-0.2, -0.15) is 5.26 Å². The van der Waals surface area contributed by atoms with E-state index in [1.54, 1.807) is 0 Å². The topological polar surface area (TPSA) is 35.8 Å². The molecule has 0 aliphatic carbocycles.